The van der Waals surface area contributed by atoms with E-state index in [0.717, 1.165) is 39.1 Å². The molecule has 0 aliphatic carbocycles. The lowest BCUT2D eigenvalue weighted by molar-refractivity contribution is -0.143. The van der Waals surface area contributed by atoms with E-state index in [9.17, 15) is 14.4 Å². The average Bonchev–Trinajstić information content (AvgIpc) is 2.93. The lowest BCUT2D eigenvalue weighted by Gasteiger charge is -2.39. The summed E-state index contributed by atoms with van der Waals surface area (Å²) in [7, 11) is 0. The smallest absolute Gasteiger partial charge is 0.408 e. The molecular weight excluding hydrogens is 538 g/mol. The fourth-order valence-corrected chi connectivity index (χ4v) is 5.33. The van der Waals surface area contributed by atoms with E-state index >= 15 is 0 Å². The number of alkyl carbamates (subject to hydrolysis) is 1. The third-order valence-corrected chi connectivity index (χ3v) is 7.66. The fourth-order valence-electron chi connectivity index (χ4n) is 5.33. The van der Waals surface area contributed by atoms with E-state index in [0.29, 0.717) is 6.42 Å². The lowest BCUT2D eigenvalue weighted by Crippen LogP contribution is -2.55. The maximum absolute atomic E-state index is 14.8. The van der Waals surface area contributed by atoms with Gasteiger partial charge < -0.3 is 20.3 Å². The van der Waals surface area contributed by atoms with Crippen molar-refractivity contribution in [1.29, 1.82) is 0 Å². The predicted octanol–water partition coefficient (Wildman–Crippen LogP) is 7.36. The van der Waals surface area contributed by atoms with Crippen molar-refractivity contribution in [2.45, 2.75) is 98.9 Å². The van der Waals surface area contributed by atoms with Gasteiger partial charge in [0.25, 0.3) is 5.91 Å². The average molecular weight is 586 g/mol. The zero-order chi connectivity index (χ0) is 31.9. The molecule has 0 aromatic heterocycles. The standard InChI is InChI=1S/C36H47N3O4/c1-10-27(6)39(34(41)29(22-28-20-12-11-13-21-28)37-35(42)43-36(7,8)9)32(30-23(2)16-14-17-24(30)3)33(40)38-31-25(4)18-15-19-26(31)5/h11-21,27,29,32H,10,22H2,1-9H3,(H,37,42)(H,38,40). The summed E-state index contributed by atoms with van der Waals surface area (Å²) in [4.78, 5) is 43.9. The quantitative estimate of drug-likeness (QED) is 0.260. The summed E-state index contributed by atoms with van der Waals surface area (Å²) in [6, 6.07) is 19.0. The van der Waals surface area contributed by atoms with Crippen LogP contribution in [0.2, 0.25) is 0 Å². The topological polar surface area (TPSA) is 87.7 Å². The molecule has 43 heavy (non-hydrogen) atoms. The minimum absolute atomic E-state index is 0.240. The Bertz CT molecular complexity index is 1390. The number of ether oxygens (including phenoxy) is 1. The van der Waals surface area contributed by atoms with E-state index in [1.165, 1.54) is 0 Å². The summed E-state index contributed by atoms with van der Waals surface area (Å²) in [5, 5.41) is 6.00. The molecule has 0 fully saturated rings. The van der Waals surface area contributed by atoms with E-state index in [4.69, 9.17) is 4.74 Å². The predicted molar refractivity (Wildman–Crippen MR) is 173 cm³/mol. The number of hydrogen-bond acceptors (Lipinski definition) is 4. The van der Waals surface area contributed by atoms with Crippen LogP contribution in [-0.4, -0.2) is 40.5 Å². The maximum atomic E-state index is 14.8. The number of carbonyl (C=O) groups is 3. The number of aryl methyl sites for hydroxylation is 4. The Labute approximate surface area is 257 Å². The summed E-state index contributed by atoms with van der Waals surface area (Å²) in [6.45, 7) is 17.1. The third-order valence-electron chi connectivity index (χ3n) is 7.66. The molecule has 3 aromatic rings. The van der Waals surface area contributed by atoms with Crippen molar-refractivity contribution in [3.8, 4) is 0 Å². The van der Waals surface area contributed by atoms with Crippen LogP contribution in [0.5, 0.6) is 0 Å². The minimum Gasteiger partial charge on any atom is -0.444 e. The molecule has 2 N–H and O–H groups in total. The van der Waals surface area contributed by atoms with Gasteiger partial charge in [0, 0.05) is 18.2 Å². The van der Waals surface area contributed by atoms with Crippen LogP contribution in [0.4, 0.5) is 10.5 Å². The molecule has 0 spiro atoms. The highest BCUT2D eigenvalue weighted by Crippen LogP contribution is 2.33. The van der Waals surface area contributed by atoms with Crippen LogP contribution in [0.25, 0.3) is 0 Å². The first kappa shape index (κ1) is 33.4. The highest BCUT2D eigenvalue weighted by atomic mass is 16.6. The van der Waals surface area contributed by atoms with Crippen LogP contribution < -0.4 is 10.6 Å². The summed E-state index contributed by atoms with van der Waals surface area (Å²) in [5.41, 5.74) is 5.32. The first-order valence-electron chi connectivity index (χ1n) is 15.0. The van der Waals surface area contributed by atoms with Gasteiger partial charge in [0.2, 0.25) is 5.91 Å². The van der Waals surface area contributed by atoms with Gasteiger partial charge in [-0.3, -0.25) is 9.59 Å². The molecule has 0 bridgehead atoms. The number of nitrogens with one attached hydrogen (secondary N) is 2. The molecular formula is C36H47N3O4. The number of hydrogen-bond donors (Lipinski definition) is 2. The highest BCUT2D eigenvalue weighted by Gasteiger charge is 2.40. The van der Waals surface area contributed by atoms with Crippen LogP contribution in [-0.2, 0) is 20.7 Å². The van der Waals surface area contributed by atoms with Crippen LogP contribution >= 0.6 is 0 Å². The monoisotopic (exact) mass is 585 g/mol. The lowest BCUT2D eigenvalue weighted by atomic mass is 9.91. The SMILES string of the molecule is CCC(C)N(C(=O)C(Cc1ccccc1)NC(=O)OC(C)(C)C)C(C(=O)Nc1c(C)cccc1C)c1c(C)cccc1C. The van der Waals surface area contributed by atoms with E-state index in [-0.39, 0.29) is 24.3 Å². The van der Waals surface area contributed by atoms with Crippen molar-refractivity contribution in [3.05, 3.63) is 100 Å². The van der Waals surface area contributed by atoms with Gasteiger partial charge in [0.15, 0.2) is 0 Å². The van der Waals surface area contributed by atoms with Gasteiger partial charge >= 0.3 is 6.09 Å². The summed E-state index contributed by atoms with van der Waals surface area (Å²) in [5.74, 6) is -0.660. The number of anilines is 1. The number of nitrogens with zero attached hydrogens (tertiary/aromatic N) is 1. The van der Waals surface area contributed by atoms with Crippen molar-refractivity contribution in [2.75, 3.05) is 5.32 Å². The van der Waals surface area contributed by atoms with Crippen LogP contribution in [0.1, 0.15) is 80.5 Å². The Morgan fingerprint density at radius 3 is 1.86 bits per heavy atom. The molecule has 3 rings (SSSR count). The van der Waals surface area contributed by atoms with Gasteiger partial charge in [0.05, 0.1) is 0 Å². The van der Waals surface area contributed by atoms with E-state index in [1.807, 2.05) is 108 Å². The number of para-hydroxylation sites is 1. The number of rotatable bonds is 10. The molecule has 0 aliphatic heterocycles. The third kappa shape index (κ3) is 8.69. The molecule has 3 unspecified atom stereocenters. The summed E-state index contributed by atoms with van der Waals surface area (Å²) >= 11 is 0. The van der Waals surface area contributed by atoms with Gasteiger partial charge in [-0.25, -0.2) is 4.79 Å². The Kier molecular flexibility index (Phi) is 11.1. The maximum Gasteiger partial charge on any atom is 0.408 e. The second-order valence-corrected chi connectivity index (χ2v) is 12.4. The molecule has 7 nitrogen and oxygen atoms in total. The molecule has 3 aromatic carbocycles. The first-order chi connectivity index (χ1) is 20.2. The van der Waals surface area contributed by atoms with Gasteiger partial charge in [-0.2, -0.15) is 0 Å². The van der Waals surface area contributed by atoms with Crippen LogP contribution in [0, 0.1) is 27.7 Å². The van der Waals surface area contributed by atoms with Gasteiger partial charge in [-0.05, 0) is 95.2 Å². The molecule has 230 valence electrons. The van der Waals surface area contributed by atoms with Gasteiger partial charge in [-0.15, -0.1) is 0 Å². The largest absolute Gasteiger partial charge is 0.444 e. The summed E-state index contributed by atoms with van der Waals surface area (Å²) < 4.78 is 5.56. The molecule has 0 saturated heterocycles. The zero-order valence-corrected chi connectivity index (χ0v) is 27.1. The van der Waals surface area contributed by atoms with Crippen molar-refractivity contribution >= 4 is 23.6 Å². The van der Waals surface area contributed by atoms with Crippen molar-refractivity contribution in [1.82, 2.24) is 10.2 Å². The van der Waals surface area contributed by atoms with Gasteiger partial charge in [0.1, 0.15) is 17.7 Å². The van der Waals surface area contributed by atoms with Crippen molar-refractivity contribution in [2.24, 2.45) is 0 Å². The molecule has 0 aliphatic rings. The normalized spacial score (nSPS) is 13.4. The van der Waals surface area contributed by atoms with Crippen molar-refractivity contribution < 1.29 is 19.1 Å². The molecule has 3 amide bonds. The Morgan fingerprint density at radius 2 is 1.35 bits per heavy atom. The van der Waals surface area contributed by atoms with Crippen LogP contribution in [0.3, 0.4) is 0 Å². The second kappa shape index (κ2) is 14.4. The van der Waals surface area contributed by atoms with Crippen molar-refractivity contribution in [3.63, 3.8) is 0 Å². The molecule has 0 heterocycles. The Hall–Kier alpha value is -4.13. The number of carbonyl (C=O) groups excluding carboxylic acids is 3. The molecule has 0 radical (unpaired) electrons. The highest BCUT2D eigenvalue weighted by molar-refractivity contribution is 6.00. The molecule has 0 saturated carbocycles. The minimum atomic E-state index is -0.967. The first-order valence-corrected chi connectivity index (χ1v) is 15.0. The van der Waals surface area contributed by atoms with E-state index in [1.54, 1.807) is 25.7 Å². The summed E-state index contributed by atoms with van der Waals surface area (Å²) in [6.07, 6.45) is 0.160. The molecule has 7 heteroatoms. The Balaban J connectivity index is 2.17. The van der Waals surface area contributed by atoms with E-state index < -0.39 is 23.8 Å². The molecule has 3 atom stereocenters. The Morgan fingerprint density at radius 1 is 0.814 bits per heavy atom. The van der Waals surface area contributed by atoms with Gasteiger partial charge in [-0.1, -0.05) is 73.7 Å². The number of benzene rings is 3. The zero-order valence-electron chi connectivity index (χ0n) is 27.1. The van der Waals surface area contributed by atoms with E-state index in [2.05, 4.69) is 10.6 Å². The fraction of sp³-hybridized carbons (Fsp3) is 0.417. The second-order valence-electron chi connectivity index (χ2n) is 12.4. The number of amides is 3. The van der Waals surface area contributed by atoms with Crippen LogP contribution in [0.15, 0.2) is 66.7 Å².